The van der Waals surface area contributed by atoms with Crippen LogP contribution >= 0.6 is 11.3 Å². The summed E-state index contributed by atoms with van der Waals surface area (Å²) in [6.07, 6.45) is 4.49. The summed E-state index contributed by atoms with van der Waals surface area (Å²) in [7, 11) is 0. The Morgan fingerprint density at radius 2 is 2.24 bits per heavy atom. The number of nitrogens with zero attached hydrogens (tertiary/aromatic N) is 2. The quantitative estimate of drug-likeness (QED) is 0.864. The van der Waals surface area contributed by atoms with Gasteiger partial charge in [-0.2, -0.15) is 0 Å². The molecule has 1 amide bonds. The maximum atomic E-state index is 12.0. The minimum Gasteiger partial charge on any atom is -0.341 e. The number of benzene rings is 1. The lowest BCUT2D eigenvalue weighted by molar-refractivity contribution is -0.130. The lowest BCUT2D eigenvalue weighted by Gasteiger charge is -2.15. The van der Waals surface area contributed by atoms with E-state index in [-0.39, 0.29) is 11.9 Å². The zero-order valence-electron chi connectivity index (χ0n) is 12.1. The van der Waals surface area contributed by atoms with Crippen LogP contribution < -0.4 is 5.73 Å². The van der Waals surface area contributed by atoms with E-state index in [2.05, 4.69) is 17.1 Å². The number of carbonyl (C=O) groups excluding carboxylic acids is 1. The number of nitrogens with two attached hydrogens (primary N) is 1. The van der Waals surface area contributed by atoms with Crippen LogP contribution in [0.3, 0.4) is 0 Å². The Bertz CT molecular complexity index is 592. The zero-order valence-corrected chi connectivity index (χ0v) is 12.9. The molecule has 3 rings (SSSR count). The number of hydrogen-bond acceptors (Lipinski definition) is 4. The largest absolute Gasteiger partial charge is 0.341 e. The number of para-hydroxylation sites is 1. The van der Waals surface area contributed by atoms with Crippen LogP contribution in [0.1, 0.15) is 30.7 Å². The molecule has 0 aliphatic carbocycles. The van der Waals surface area contributed by atoms with Crippen molar-refractivity contribution in [1.29, 1.82) is 0 Å². The number of hydrogen-bond donors (Lipinski definition) is 1. The van der Waals surface area contributed by atoms with Gasteiger partial charge in [-0.3, -0.25) is 4.79 Å². The molecule has 4 nitrogen and oxygen atoms in total. The van der Waals surface area contributed by atoms with Gasteiger partial charge in [0.15, 0.2) is 0 Å². The first-order chi connectivity index (χ1) is 10.2. The third-order valence-electron chi connectivity index (χ3n) is 3.95. The maximum Gasteiger partial charge on any atom is 0.222 e. The Hall–Kier alpha value is -1.46. The highest BCUT2D eigenvalue weighted by Gasteiger charge is 2.22. The Morgan fingerprint density at radius 1 is 1.38 bits per heavy atom. The highest BCUT2D eigenvalue weighted by Crippen LogP contribution is 2.23. The van der Waals surface area contributed by atoms with E-state index in [1.165, 1.54) is 9.71 Å². The van der Waals surface area contributed by atoms with Crippen molar-refractivity contribution in [2.24, 2.45) is 5.73 Å². The molecule has 0 saturated carbocycles. The average Bonchev–Trinajstić information content (AvgIpc) is 3.09. The zero-order chi connectivity index (χ0) is 14.7. The van der Waals surface area contributed by atoms with Crippen molar-refractivity contribution in [2.75, 3.05) is 13.1 Å². The van der Waals surface area contributed by atoms with Crippen molar-refractivity contribution in [3.05, 3.63) is 29.3 Å². The summed E-state index contributed by atoms with van der Waals surface area (Å²) in [5.74, 6) is 0.257. The van der Waals surface area contributed by atoms with Crippen LogP contribution in [0.15, 0.2) is 24.3 Å². The molecule has 1 aromatic heterocycles. The van der Waals surface area contributed by atoms with E-state index in [0.717, 1.165) is 44.3 Å². The molecule has 2 N–H and O–H groups in total. The number of amides is 1. The van der Waals surface area contributed by atoms with Gasteiger partial charge in [0.1, 0.15) is 0 Å². The standard InChI is InChI=1S/C16H21N3OS/c17-12-9-10-19(11-12)16(20)8-4-3-7-15-18-13-5-1-2-6-14(13)21-15/h1-2,5-6,12H,3-4,7-11,17H2/t12-/m1/s1. The van der Waals surface area contributed by atoms with Gasteiger partial charge in [-0.25, -0.2) is 4.98 Å². The van der Waals surface area contributed by atoms with Crippen LogP contribution in [-0.2, 0) is 11.2 Å². The minimum absolute atomic E-state index is 0.177. The molecule has 0 radical (unpaired) electrons. The lowest BCUT2D eigenvalue weighted by atomic mass is 10.2. The minimum atomic E-state index is 0.177. The molecule has 2 aromatic rings. The summed E-state index contributed by atoms with van der Waals surface area (Å²) < 4.78 is 1.25. The van der Waals surface area contributed by atoms with Crippen LogP contribution in [-0.4, -0.2) is 34.9 Å². The second kappa shape index (κ2) is 6.54. The van der Waals surface area contributed by atoms with Crippen LogP contribution in [0, 0.1) is 0 Å². The Morgan fingerprint density at radius 3 is 3.00 bits per heavy atom. The van der Waals surface area contributed by atoms with Crippen molar-refractivity contribution in [2.45, 2.75) is 38.1 Å². The monoisotopic (exact) mass is 303 g/mol. The lowest BCUT2D eigenvalue weighted by Crippen LogP contribution is -2.31. The van der Waals surface area contributed by atoms with Gasteiger partial charge in [-0.15, -0.1) is 11.3 Å². The number of rotatable bonds is 5. The van der Waals surface area contributed by atoms with Crippen LogP contribution in [0.5, 0.6) is 0 Å². The van der Waals surface area contributed by atoms with E-state index >= 15 is 0 Å². The molecule has 0 unspecified atom stereocenters. The molecule has 2 heterocycles. The summed E-state index contributed by atoms with van der Waals surface area (Å²) in [6.45, 7) is 1.56. The fourth-order valence-electron chi connectivity index (χ4n) is 2.75. The van der Waals surface area contributed by atoms with Crippen molar-refractivity contribution in [3.63, 3.8) is 0 Å². The Labute approximate surface area is 129 Å². The van der Waals surface area contributed by atoms with Gasteiger partial charge in [0, 0.05) is 25.6 Å². The maximum absolute atomic E-state index is 12.0. The second-order valence-electron chi connectivity index (χ2n) is 5.67. The first-order valence-electron chi connectivity index (χ1n) is 7.60. The molecule has 21 heavy (non-hydrogen) atoms. The molecular weight excluding hydrogens is 282 g/mol. The van der Waals surface area contributed by atoms with E-state index in [1.54, 1.807) is 11.3 Å². The van der Waals surface area contributed by atoms with E-state index in [9.17, 15) is 4.79 Å². The first kappa shape index (κ1) is 14.5. The van der Waals surface area contributed by atoms with Crippen LogP contribution in [0.2, 0.25) is 0 Å². The number of thiazole rings is 1. The van der Waals surface area contributed by atoms with Gasteiger partial charge in [0.2, 0.25) is 5.91 Å². The number of aromatic nitrogens is 1. The van der Waals surface area contributed by atoms with Crippen LogP contribution in [0.25, 0.3) is 10.2 Å². The topological polar surface area (TPSA) is 59.2 Å². The summed E-state index contributed by atoms with van der Waals surface area (Å²) in [4.78, 5) is 18.5. The van der Waals surface area contributed by atoms with Crippen molar-refractivity contribution >= 4 is 27.5 Å². The fraction of sp³-hybridized carbons (Fsp3) is 0.500. The van der Waals surface area contributed by atoms with Gasteiger partial charge in [-0.05, 0) is 37.8 Å². The first-order valence-corrected chi connectivity index (χ1v) is 8.42. The molecule has 1 aromatic carbocycles. The Kier molecular flexibility index (Phi) is 4.51. The van der Waals surface area contributed by atoms with E-state index in [1.807, 2.05) is 17.0 Å². The SMILES string of the molecule is N[C@@H]1CCN(C(=O)CCCCc2nc3ccccc3s2)C1. The summed E-state index contributed by atoms with van der Waals surface area (Å²) >= 11 is 1.76. The predicted octanol–water partition coefficient (Wildman–Crippen LogP) is 2.57. The molecule has 5 heteroatoms. The van der Waals surface area contributed by atoms with Gasteiger partial charge >= 0.3 is 0 Å². The third-order valence-corrected chi connectivity index (χ3v) is 5.04. The highest BCUT2D eigenvalue weighted by atomic mass is 32.1. The summed E-state index contributed by atoms with van der Waals surface area (Å²) in [5, 5.41) is 1.17. The molecule has 1 aliphatic rings. The molecule has 1 aliphatic heterocycles. The van der Waals surface area contributed by atoms with E-state index in [0.29, 0.717) is 6.42 Å². The van der Waals surface area contributed by atoms with E-state index < -0.39 is 0 Å². The fourth-order valence-corrected chi connectivity index (χ4v) is 3.76. The molecule has 0 bridgehead atoms. The van der Waals surface area contributed by atoms with Crippen LogP contribution in [0.4, 0.5) is 0 Å². The third kappa shape index (κ3) is 3.60. The average molecular weight is 303 g/mol. The molecular formula is C16H21N3OS. The molecule has 1 fully saturated rings. The number of unbranched alkanes of at least 4 members (excludes halogenated alkanes) is 1. The number of aryl methyl sites for hydroxylation is 1. The van der Waals surface area contributed by atoms with Crippen molar-refractivity contribution in [3.8, 4) is 0 Å². The van der Waals surface area contributed by atoms with Gasteiger partial charge in [-0.1, -0.05) is 12.1 Å². The smallest absolute Gasteiger partial charge is 0.222 e. The molecule has 0 spiro atoms. The summed E-state index contributed by atoms with van der Waals surface area (Å²) in [5.41, 5.74) is 6.91. The predicted molar refractivity (Wildman–Crippen MR) is 86.3 cm³/mol. The van der Waals surface area contributed by atoms with E-state index in [4.69, 9.17) is 5.73 Å². The Balaban J connectivity index is 1.42. The molecule has 112 valence electrons. The normalized spacial score (nSPS) is 18.5. The number of likely N-dealkylation sites (tertiary alicyclic amines) is 1. The van der Waals surface area contributed by atoms with Gasteiger partial charge in [0.05, 0.1) is 15.2 Å². The van der Waals surface area contributed by atoms with Crippen molar-refractivity contribution in [1.82, 2.24) is 9.88 Å². The van der Waals surface area contributed by atoms with Crippen molar-refractivity contribution < 1.29 is 4.79 Å². The number of carbonyl (C=O) groups is 1. The molecule has 1 saturated heterocycles. The second-order valence-corrected chi connectivity index (χ2v) is 6.79. The number of fused-ring (bicyclic) bond motifs is 1. The summed E-state index contributed by atoms with van der Waals surface area (Å²) in [6, 6.07) is 8.40. The van der Waals surface area contributed by atoms with Gasteiger partial charge < -0.3 is 10.6 Å². The van der Waals surface area contributed by atoms with Gasteiger partial charge in [0.25, 0.3) is 0 Å². The molecule has 1 atom stereocenters. The highest BCUT2D eigenvalue weighted by molar-refractivity contribution is 7.18.